The normalized spacial score (nSPS) is 16.1. The van der Waals surface area contributed by atoms with E-state index in [9.17, 15) is 9.59 Å². The van der Waals surface area contributed by atoms with Crippen molar-refractivity contribution >= 4 is 23.5 Å². The van der Waals surface area contributed by atoms with Gasteiger partial charge in [-0.3, -0.25) is 9.59 Å². The molecule has 1 amide bonds. The highest BCUT2D eigenvalue weighted by Crippen LogP contribution is 2.35. The molecule has 3 rings (SSSR count). The molecule has 2 N–H and O–H groups in total. The van der Waals surface area contributed by atoms with Crippen LogP contribution in [0, 0.1) is 0 Å². The summed E-state index contributed by atoms with van der Waals surface area (Å²) in [7, 11) is 0. The van der Waals surface area contributed by atoms with Crippen molar-refractivity contribution < 1.29 is 9.53 Å². The van der Waals surface area contributed by atoms with Crippen molar-refractivity contribution in [1.82, 2.24) is 9.97 Å². The minimum absolute atomic E-state index is 0.127. The molecule has 0 saturated carbocycles. The molecule has 2 aromatic rings. The lowest BCUT2D eigenvalue weighted by molar-refractivity contribution is -0.116. The molecule has 1 atom stereocenters. The van der Waals surface area contributed by atoms with Crippen LogP contribution in [0.3, 0.4) is 0 Å². The highest BCUT2D eigenvalue weighted by atomic mass is 32.2. The number of H-pyrrole nitrogens is 1. The summed E-state index contributed by atoms with van der Waals surface area (Å²) in [5, 5.41) is 3.29. The zero-order valence-electron chi connectivity index (χ0n) is 15.0. The number of benzene rings is 1. The zero-order valence-corrected chi connectivity index (χ0v) is 15.8. The first-order valence-electron chi connectivity index (χ1n) is 8.92. The third-order valence-corrected chi connectivity index (χ3v) is 5.21. The van der Waals surface area contributed by atoms with E-state index in [-0.39, 0.29) is 23.8 Å². The van der Waals surface area contributed by atoms with E-state index >= 15 is 0 Å². The lowest BCUT2D eigenvalue weighted by Crippen LogP contribution is -2.31. The highest BCUT2D eigenvalue weighted by molar-refractivity contribution is 7.99. The Morgan fingerprint density at radius 1 is 1.19 bits per heavy atom. The molecule has 0 radical (unpaired) electrons. The fourth-order valence-corrected chi connectivity index (χ4v) is 3.64. The van der Waals surface area contributed by atoms with Crippen LogP contribution in [0.4, 0.5) is 5.82 Å². The van der Waals surface area contributed by atoms with Crippen LogP contribution in [-0.2, 0) is 4.79 Å². The van der Waals surface area contributed by atoms with Crippen molar-refractivity contribution in [1.29, 1.82) is 0 Å². The number of hydrogen-bond acceptors (Lipinski definition) is 5. The molecule has 1 aliphatic rings. The Hall–Kier alpha value is -2.28. The largest absolute Gasteiger partial charge is 0.494 e. The molecule has 0 fully saturated rings. The van der Waals surface area contributed by atoms with Crippen LogP contribution in [0.15, 0.2) is 34.2 Å². The second kappa shape index (κ2) is 8.40. The van der Waals surface area contributed by atoms with E-state index in [0.717, 1.165) is 29.9 Å². The monoisotopic (exact) mass is 373 g/mol. The first-order valence-corrected chi connectivity index (χ1v) is 9.90. The highest BCUT2D eigenvalue weighted by Gasteiger charge is 2.30. The third-order valence-electron chi connectivity index (χ3n) is 4.13. The summed E-state index contributed by atoms with van der Waals surface area (Å²) in [6.07, 6.45) is 2.15. The van der Waals surface area contributed by atoms with Crippen LogP contribution in [0.2, 0.25) is 0 Å². The minimum atomic E-state index is -0.305. The maximum Gasteiger partial charge on any atom is 0.257 e. The van der Waals surface area contributed by atoms with Crippen LogP contribution in [-0.4, -0.2) is 28.2 Å². The molecule has 0 saturated heterocycles. The first-order chi connectivity index (χ1) is 12.6. The van der Waals surface area contributed by atoms with Crippen LogP contribution < -0.4 is 15.6 Å². The molecule has 2 heterocycles. The number of thioether (sulfide) groups is 1. The van der Waals surface area contributed by atoms with Crippen molar-refractivity contribution in [3.8, 4) is 5.75 Å². The topological polar surface area (TPSA) is 84.1 Å². The molecule has 0 bridgehead atoms. The maximum absolute atomic E-state index is 12.7. The average molecular weight is 373 g/mol. The van der Waals surface area contributed by atoms with Gasteiger partial charge in [-0.05, 0) is 30.5 Å². The number of amides is 1. The van der Waals surface area contributed by atoms with Crippen LogP contribution in [0.25, 0.3) is 0 Å². The van der Waals surface area contributed by atoms with Gasteiger partial charge >= 0.3 is 0 Å². The summed E-state index contributed by atoms with van der Waals surface area (Å²) in [4.78, 5) is 32.1. The molecule has 138 valence electrons. The SMILES string of the molecule is CCCOc1ccc([C@@H]2CC(=O)Nc3nc(SCCC)[nH]c(=O)c32)cc1. The summed E-state index contributed by atoms with van der Waals surface area (Å²) in [5.74, 6) is 1.59. The van der Waals surface area contributed by atoms with E-state index in [2.05, 4.69) is 29.1 Å². The fraction of sp³-hybridized carbons (Fsp3) is 0.421. The summed E-state index contributed by atoms with van der Waals surface area (Å²) in [6.45, 7) is 4.78. The summed E-state index contributed by atoms with van der Waals surface area (Å²) >= 11 is 1.48. The Morgan fingerprint density at radius 2 is 1.96 bits per heavy atom. The average Bonchev–Trinajstić information content (AvgIpc) is 2.64. The van der Waals surface area contributed by atoms with E-state index < -0.39 is 0 Å². The molecule has 26 heavy (non-hydrogen) atoms. The molecule has 0 unspecified atom stereocenters. The summed E-state index contributed by atoms with van der Waals surface area (Å²) in [6, 6.07) is 7.59. The smallest absolute Gasteiger partial charge is 0.257 e. The number of carbonyl (C=O) groups is 1. The Balaban J connectivity index is 1.93. The molecule has 7 heteroatoms. The Kier molecular flexibility index (Phi) is 5.98. The van der Waals surface area contributed by atoms with Crippen LogP contribution in [0.1, 0.15) is 50.2 Å². The zero-order chi connectivity index (χ0) is 18.5. The van der Waals surface area contributed by atoms with E-state index in [1.54, 1.807) is 0 Å². The number of aromatic nitrogens is 2. The fourth-order valence-electron chi connectivity index (χ4n) is 2.92. The molecular formula is C19H23N3O3S. The van der Waals surface area contributed by atoms with Gasteiger partial charge in [0.2, 0.25) is 5.91 Å². The number of anilines is 1. The third kappa shape index (κ3) is 4.09. The second-order valence-corrected chi connectivity index (χ2v) is 7.29. The second-order valence-electron chi connectivity index (χ2n) is 6.20. The number of fused-ring (bicyclic) bond motifs is 1. The summed E-state index contributed by atoms with van der Waals surface area (Å²) in [5.41, 5.74) is 1.24. The molecule has 6 nitrogen and oxygen atoms in total. The van der Waals surface area contributed by atoms with Crippen LogP contribution >= 0.6 is 11.8 Å². The standard InChI is InChI=1S/C19H23N3O3S/c1-3-9-25-13-7-5-12(6-8-13)14-11-15(23)20-17-16(14)18(24)22-19(21-17)26-10-4-2/h5-8,14H,3-4,9-11H2,1-2H3,(H2,20,21,22,23,24)/t14-/m0/s1. The first kappa shape index (κ1) is 18.5. The van der Waals surface area contributed by atoms with Gasteiger partial charge in [0.25, 0.3) is 5.56 Å². The van der Waals surface area contributed by atoms with E-state index in [1.807, 2.05) is 24.3 Å². The number of hydrogen-bond donors (Lipinski definition) is 2. The Labute approximate surface area is 156 Å². The number of aromatic amines is 1. The van der Waals surface area contributed by atoms with Crippen molar-refractivity contribution in [3.05, 3.63) is 45.7 Å². The van der Waals surface area contributed by atoms with Gasteiger partial charge < -0.3 is 15.0 Å². The number of ether oxygens (including phenoxy) is 1. The van der Waals surface area contributed by atoms with Gasteiger partial charge in [0.05, 0.1) is 12.2 Å². The van der Waals surface area contributed by atoms with Crippen molar-refractivity contribution in [3.63, 3.8) is 0 Å². The molecule has 0 spiro atoms. The molecule has 1 aromatic heterocycles. The van der Waals surface area contributed by atoms with Crippen molar-refractivity contribution in [2.75, 3.05) is 17.7 Å². The van der Waals surface area contributed by atoms with E-state index in [1.165, 1.54) is 11.8 Å². The predicted octanol–water partition coefficient (Wildman–Crippen LogP) is 3.53. The van der Waals surface area contributed by atoms with E-state index in [0.29, 0.717) is 23.1 Å². The summed E-state index contributed by atoms with van der Waals surface area (Å²) < 4.78 is 5.60. The predicted molar refractivity (Wildman–Crippen MR) is 103 cm³/mol. The van der Waals surface area contributed by atoms with Gasteiger partial charge in [0, 0.05) is 18.1 Å². The molecular weight excluding hydrogens is 350 g/mol. The van der Waals surface area contributed by atoms with Gasteiger partial charge in [-0.1, -0.05) is 37.7 Å². The van der Waals surface area contributed by atoms with Gasteiger partial charge in [-0.25, -0.2) is 4.98 Å². The van der Waals surface area contributed by atoms with Gasteiger partial charge in [-0.15, -0.1) is 0 Å². The minimum Gasteiger partial charge on any atom is -0.494 e. The van der Waals surface area contributed by atoms with Crippen molar-refractivity contribution in [2.24, 2.45) is 0 Å². The number of nitrogens with one attached hydrogen (secondary N) is 2. The maximum atomic E-state index is 12.7. The lowest BCUT2D eigenvalue weighted by atomic mass is 9.87. The lowest BCUT2D eigenvalue weighted by Gasteiger charge is -2.24. The molecule has 0 aliphatic carbocycles. The molecule has 1 aliphatic heterocycles. The van der Waals surface area contributed by atoms with Gasteiger partial charge in [-0.2, -0.15) is 0 Å². The van der Waals surface area contributed by atoms with Crippen molar-refractivity contribution in [2.45, 2.75) is 44.2 Å². The Bertz CT molecular complexity index is 833. The molecule has 1 aromatic carbocycles. The van der Waals surface area contributed by atoms with Crippen LogP contribution in [0.5, 0.6) is 5.75 Å². The number of nitrogens with zero attached hydrogens (tertiary/aromatic N) is 1. The Morgan fingerprint density at radius 3 is 2.65 bits per heavy atom. The van der Waals surface area contributed by atoms with Gasteiger partial charge in [0.1, 0.15) is 11.6 Å². The van der Waals surface area contributed by atoms with E-state index in [4.69, 9.17) is 4.74 Å². The number of carbonyl (C=O) groups excluding carboxylic acids is 1. The van der Waals surface area contributed by atoms with Gasteiger partial charge in [0.15, 0.2) is 5.16 Å². The number of rotatable bonds is 7. The quantitative estimate of drug-likeness (QED) is 0.573.